The first-order chi connectivity index (χ1) is 13.4. The Balaban J connectivity index is 1.97. The average Bonchev–Trinajstić information content (AvgIpc) is 2.59. The van der Waals surface area contributed by atoms with Crippen molar-refractivity contribution >= 4 is 33.4 Å². The van der Waals surface area contributed by atoms with Crippen LogP contribution in [0.2, 0.25) is 0 Å². The van der Waals surface area contributed by atoms with E-state index in [1.165, 1.54) is 31.2 Å². The van der Waals surface area contributed by atoms with Gasteiger partial charge in [0.05, 0.1) is 4.90 Å². The topological polar surface area (TPSA) is 114 Å². The summed E-state index contributed by atoms with van der Waals surface area (Å²) >= 11 is 0. The predicted octanol–water partition coefficient (Wildman–Crippen LogP) is 3.47. The van der Waals surface area contributed by atoms with Gasteiger partial charge in [-0.05, 0) is 62.7 Å². The van der Waals surface area contributed by atoms with Crippen LogP contribution in [0.25, 0.3) is 0 Å². The molecular formula is C20H25N3O5S. The molecule has 0 atom stereocenters. The number of rotatable bonds is 6. The molecule has 2 aromatic carbocycles. The fourth-order valence-electron chi connectivity index (χ4n) is 2.31. The van der Waals surface area contributed by atoms with Crippen LogP contribution in [0.15, 0.2) is 53.4 Å². The van der Waals surface area contributed by atoms with Crippen LogP contribution in [0.5, 0.6) is 0 Å². The van der Waals surface area contributed by atoms with Gasteiger partial charge in [0.2, 0.25) is 5.91 Å². The first kappa shape index (κ1) is 22.2. The Morgan fingerprint density at radius 1 is 0.931 bits per heavy atom. The molecule has 0 aliphatic carbocycles. The standard InChI is InChI=1S/C20H25N3O5S/c1-14(24)22-16-9-11-18(12-10-16)29(26,27)23-17-7-5-15(6-8-17)13-21-19(25)28-20(2,3)4/h5-12,23H,13H2,1-4H3,(H,21,25)(H,22,24). The highest BCUT2D eigenvalue weighted by Gasteiger charge is 2.16. The van der Waals surface area contributed by atoms with Gasteiger partial charge >= 0.3 is 6.09 Å². The number of hydrogen-bond donors (Lipinski definition) is 3. The Hall–Kier alpha value is -3.07. The second-order valence-corrected chi connectivity index (χ2v) is 9.05. The molecule has 0 saturated carbocycles. The molecule has 0 aromatic heterocycles. The lowest BCUT2D eigenvalue weighted by Gasteiger charge is -2.19. The Kier molecular flexibility index (Phi) is 6.86. The maximum absolute atomic E-state index is 12.5. The van der Waals surface area contributed by atoms with Gasteiger partial charge in [0.1, 0.15) is 5.60 Å². The van der Waals surface area contributed by atoms with E-state index in [0.29, 0.717) is 11.4 Å². The van der Waals surface area contributed by atoms with Crippen molar-refractivity contribution in [2.45, 2.75) is 44.7 Å². The van der Waals surface area contributed by atoms with E-state index in [9.17, 15) is 18.0 Å². The van der Waals surface area contributed by atoms with E-state index >= 15 is 0 Å². The number of carbonyl (C=O) groups excluding carboxylic acids is 2. The molecule has 0 heterocycles. The molecule has 0 spiro atoms. The molecule has 2 aromatic rings. The molecule has 0 fully saturated rings. The highest BCUT2D eigenvalue weighted by Crippen LogP contribution is 2.19. The van der Waals surface area contributed by atoms with E-state index in [2.05, 4.69) is 15.4 Å². The second kappa shape index (κ2) is 8.95. The molecule has 0 bridgehead atoms. The second-order valence-electron chi connectivity index (χ2n) is 7.36. The molecule has 9 heteroatoms. The summed E-state index contributed by atoms with van der Waals surface area (Å²) in [7, 11) is -3.77. The number of alkyl carbamates (subject to hydrolysis) is 1. The fraction of sp³-hybridized carbons (Fsp3) is 0.300. The minimum absolute atomic E-state index is 0.0715. The predicted molar refractivity (Wildman–Crippen MR) is 111 cm³/mol. The average molecular weight is 420 g/mol. The largest absolute Gasteiger partial charge is 0.444 e. The molecule has 0 aliphatic heterocycles. The third-order valence-corrected chi connectivity index (χ3v) is 4.92. The van der Waals surface area contributed by atoms with Gasteiger partial charge in [0.15, 0.2) is 0 Å². The Bertz CT molecular complexity index is 963. The third-order valence-electron chi connectivity index (χ3n) is 3.53. The zero-order chi connectivity index (χ0) is 21.7. The van der Waals surface area contributed by atoms with Gasteiger partial charge in [-0.15, -0.1) is 0 Å². The Morgan fingerprint density at radius 3 is 2.00 bits per heavy atom. The summed E-state index contributed by atoms with van der Waals surface area (Å²) in [6.45, 7) is 6.97. The van der Waals surface area contributed by atoms with Crippen molar-refractivity contribution < 1.29 is 22.7 Å². The van der Waals surface area contributed by atoms with Crippen molar-refractivity contribution in [3.05, 3.63) is 54.1 Å². The molecule has 0 aliphatic rings. The number of anilines is 2. The number of hydrogen-bond acceptors (Lipinski definition) is 5. The number of nitrogens with one attached hydrogen (secondary N) is 3. The minimum Gasteiger partial charge on any atom is -0.444 e. The van der Waals surface area contributed by atoms with Gasteiger partial charge in [-0.25, -0.2) is 13.2 Å². The Labute approximate surface area is 170 Å². The normalized spacial score (nSPS) is 11.4. The van der Waals surface area contributed by atoms with E-state index in [4.69, 9.17) is 4.74 Å². The molecule has 3 N–H and O–H groups in total. The van der Waals surface area contributed by atoms with Crippen molar-refractivity contribution in [2.75, 3.05) is 10.0 Å². The zero-order valence-corrected chi connectivity index (χ0v) is 17.6. The summed E-state index contributed by atoms with van der Waals surface area (Å²) < 4.78 is 32.6. The lowest BCUT2D eigenvalue weighted by atomic mass is 10.2. The fourth-order valence-corrected chi connectivity index (χ4v) is 3.37. The summed E-state index contributed by atoms with van der Waals surface area (Å²) in [6.07, 6.45) is -0.523. The van der Waals surface area contributed by atoms with Gasteiger partial charge in [-0.2, -0.15) is 0 Å². The lowest BCUT2D eigenvalue weighted by Crippen LogP contribution is -2.32. The van der Waals surface area contributed by atoms with Gasteiger partial charge in [-0.1, -0.05) is 12.1 Å². The SMILES string of the molecule is CC(=O)Nc1ccc(S(=O)(=O)Nc2ccc(CNC(=O)OC(C)(C)C)cc2)cc1. The summed E-state index contributed by atoms with van der Waals surface area (Å²) in [5.74, 6) is -0.236. The van der Waals surface area contributed by atoms with Crippen molar-refractivity contribution in [2.24, 2.45) is 0 Å². The van der Waals surface area contributed by atoms with Gasteiger partial charge in [0, 0.05) is 24.8 Å². The van der Waals surface area contributed by atoms with Crippen LogP contribution in [-0.4, -0.2) is 26.0 Å². The van der Waals surface area contributed by atoms with Crippen LogP contribution in [0.4, 0.5) is 16.2 Å². The van der Waals surface area contributed by atoms with Crippen molar-refractivity contribution in [3.63, 3.8) is 0 Å². The molecule has 0 saturated heterocycles. The van der Waals surface area contributed by atoms with Crippen LogP contribution in [0.1, 0.15) is 33.3 Å². The van der Waals surface area contributed by atoms with Crippen LogP contribution in [0.3, 0.4) is 0 Å². The maximum atomic E-state index is 12.5. The lowest BCUT2D eigenvalue weighted by molar-refractivity contribution is -0.114. The van der Waals surface area contributed by atoms with Crippen LogP contribution in [0, 0.1) is 0 Å². The first-order valence-corrected chi connectivity index (χ1v) is 10.4. The molecule has 29 heavy (non-hydrogen) atoms. The van der Waals surface area contributed by atoms with Crippen molar-refractivity contribution in [1.29, 1.82) is 0 Å². The number of amides is 2. The van der Waals surface area contributed by atoms with E-state index < -0.39 is 21.7 Å². The first-order valence-electron chi connectivity index (χ1n) is 8.91. The van der Waals surface area contributed by atoms with E-state index in [1.54, 1.807) is 45.0 Å². The summed E-state index contributed by atoms with van der Waals surface area (Å²) in [4.78, 5) is 22.8. The molecule has 156 valence electrons. The van der Waals surface area contributed by atoms with Gasteiger partial charge < -0.3 is 15.4 Å². The monoisotopic (exact) mass is 419 g/mol. The van der Waals surface area contributed by atoms with E-state index in [-0.39, 0.29) is 17.3 Å². The van der Waals surface area contributed by atoms with E-state index in [1.807, 2.05) is 0 Å². The number of ether oxygens (including phenoxy) is 1. The highest BCUT2D eigenvalue weighted by molar-refractivity contribution is 7.92. The summed E-state index contributed by atoms with van der Waals surface area (Å²) in [6, 6.07) is 12.5. The maximum Gasteiger partial charge on any atom is 0.407 e. The number of carbonyl (C=O) groups is 2. The molecule has 2 rings (SSSR count). The highest BCUT2D eigenvalue weighted by atomic mass is 32.2. The smallest absolute Gasteiger partial charge is 0.407 e. The van der Waals surface area contributed by atoms with Crippen molar-refractivity contribution in [3.8, 4) is 0 Å². The molecule has 0 radical (unpaired) electrons. The quantitative estimate of drug-likeness (QED) is 0.663. The molecule has 8 nitrogen and oxygen atoms in total. The molecular weight excluding hydrogens is 394 g/mol. The summed E-state index contributed by atoms with van der Waals surface area (Å²) in [5, 5.41) is 5.22. The third kappa shape index (κ3) is 7.46. The van der Waals surface area contributed by atoms with E-state index in [0.717, 1.165) is 5.56 Å². The van der Waals surface area contributed by atoms with Gasteiger partial charge in [-0.3, -0.25) is 9.52 Å². The zero-order valence-electron chi connectivity index (χ0n) is 16.8. The van der Waals surface area contributed by atoms with Crippen LogP contribution >= 0.6 is 0 Å². The molecule has 0 unspecified atom stereocenters. The Morgan fingerprint density at radius 2 is 1.48 bits per heavy atom. The molecule has 2 amide bonds. The summed E-state index contributed by atoms with van der Waals surface area (Å²) in [5.41, 5.74) is 1.11. The van der Waals surface area contributed by atoms with Gasteiger partial charge in [0.25, 0.3) is 10.0 Å². The van der Waals surface area contributed by atoms with Crippen molar-refractivity contribution in [1.82, 2.24) is 5.32 Å². The number of sulfonamides is 1. The number of benzene rings is 2. The minimum atomic E-state index is -3.77. The van der Waals surface area contributed by atoms with Crippen LogP contribution < -0.4 is 15.4 Å². The van der Waals surface area contributed by atoms with Crippen LogP contribution in [-0.2, 0) is 26.1 Å².